The highest BCUT2D eigenvalue weighted by molar-refractivity contribution is 14.0. The molecule has 0 bridgehead atoms. The molecule has 0 unspecified atom stereocenters. The Labute approximate surface area is 190 Å². The summed E-state index contributed by atoms with van der Waals surface area (Å²) in [4.78, 5) is 4.66. The van der Waals surface area contributed by atoms with Gasteiger partial charge in [-0.2, -0.15) is 0 Å². The summed E-state index contributed by atoms with van der Waals surface area (Å²) < 4.78 is 7.95. The molecule has 0 amide bonds. The number of rotatable bonds is 9. The number of para-hydroxylation sites is 1. The number of aromatic nitrogens is 3. The molecule has 1 aromatic carbocycles. The van der Waals surface area contributed by atoms with Crippen LogP contribution in [0.1, 0.15) is 51.3 Å². The third-order valence-electron chi connectivity index (χ3n) is 4.89. The van der Waals surface area contributed by atoms with Crippen LogP contribution in [-0.2, 0) is 11.3 Å². The lowest BCUT2D eigenvalue weighted by molar-refractivity contribution is 0.0277. The number of halogens is 1. The van der Waals surface area contributed by atoms with E-state index in [0.717, 1.165) is 43.6 Å². The molecule has 0 atom stereocenters. The maximum absolute atomic E-state index is 5.99. The normalized spacial score (nSPS) is 15.0. The Morgan fingerprint density at radius 1 is 1.17 bits per heavy atom. The van der Waals surface area contributed by atoms with E-state index in [9.17, 15) is 0 Å². The maximum Gasteiger partial charge on any atom is 0.191 e. The molecule has 1 aliphatic carbocycles. The Kier molecular flexibility index (Phi) is 11.0. The van der Waals surface area contributed by atoms with Gasteiger partial charge < -0.3 is 15.4 Å². The van der Waals surface area contributed by atoms with Gasteiger partial charge >= 0.3 is 0 Å². The zero-order valence-electron chi connectivity index (χ0n) is 17.2. The van der Waals surface area contributed by atoms with Crippen molar-refractivity contribution in [3.05, 3.63) is 42.5 Å². The van der Waals surface area contributed by atoms with Crippen molar-refractivity contribution < 1.29 is 4.74 Å². The number of aliphatic imine (C=N–C) groups is 1. The Balaban J connectivity index is 0.00000300. The standard InChI is InChI=1S/C21H32N6O.HI/c1-2-22-21(23-14-9-15-28-19-12-7-4-8-13-19)24-16-20-26-25-17-27(20)18-10-5-3-6-11-18;/h3,5-6,10-11,17,19H,2,4,7-9,12-16H2,1H3,(H2,22,23,24);1H. The number of hydrogen-bond donors (Lipinski definition) is 2. The fourth-order valence-electron chi connectivity index (χ4n) is 3.42. The molecule has 0 spiro atoms. The highest BCUT2D eigenvalue weighted by Crippen LogP contribution is 2.20. The van der Waals surface area contributed by atoms with Gasteiger partial charge in [0.1, 0.15) is 12.9 Å². The number of nitrogens with one attached hydrogen (secondary N) is 2. The van der Waals surface area contributed by atoms with Crippen molar-refractivity contribution >= 4 is 29.9 Å². The summed E-state index contributed by atoms with van der Waals surface area (Å²) >= 11 is 0. The van der Waals surface area contributed by atoms with Crippen LogP contribution < -0.4 is 10.6 Å². The fourth-order valence-corrected chi connectivity index (χ4v) is 3.42. The zero-order chi connectivity index (χ0) is 19.4. The second-order valence-electron chi connectivity index (χ2n) is 7.06. The predicted molar refractivity (Wildman–Crippen MR) is 127 cm³/mol. The van der Waals surface area contributed by atoms with Crippen LogP contribution in [0.15, 0.2) is 41.7 Å². The summed E-state index contributed by atoms with van der Waals surface area (Å²) in [6, 6.07) is 10.1. The Hall–Kier alpha value is -1.68. The van der Waals surface area contributed by atoms with Gasteiger partial charge in [0.05, 0.1) is 6.10 Å². The number of hydrogen-bond acceptors (Lipinski definition) is 4. The number of ether oxygens (including phenoxy) is 1. The summed E-state index contributed by atoms with van der Waals surface area (Å²) in [5.41, 5.74) is 1.04. The monoisotopic (exact) mass is 512 g/mol. The highest BCUT2D eigenvalue weighted by atomic mass is 127. The van der Waals surface area contributed by atoms with Gasteiger partial charge in [-0.1, -0.05) is 37.5 Å². The van der Waals surface area contributed by atoms with E-state index in [1.54, 1.807) is 6.33 Å². The minimum atomic E-state index is 0. The Morgan fingerprint density at radius 2 is 1.97 bits per heavy atom. The second-order valence-corrected chi connectivity index (χ2v) is 7.06. The van der Waals surface area contributed by atoms with Gasteiger partial charge in [0, 0.05) is 25.4 Å². The maximum atomic E-state index is 5.99. The molecule has 3 rings (SSSR count). The van der Waals surface area contributed by atoms with Crippen LogP contribution in [0.4, 0.5) is 0 Å². The molecule has 8 heteroatoms. The first-order valence-corrected chi connectivity index (χ1v) is 10.4. The minimum absolute atomic E-state index is 0. The van der Waals surface area contributed by atoms with Crippen molar-refractivity contribution in [2.45, 2.75) is 58.1 Å². The largest absolute Gasteiger partial charge is 0.378 e. The molecular weight excluding hydrogens is 479 g/mol. The van der Waals surface area contributed by atoms with E-state index in [1.165, 1.54) is 32.1 Å². The molecule has 1 saturated carbocycles. The van der Waals surface area contributed by atoms with Crippen molar-refractivity contribution in [1.29, 1.82) is 0 Å². The van der Waals surface area contributed by atoms with Crippen LogP contribution in [0.5, 0.6) is 0 Å². The lowest BCUT2D eigenvalue weighted by Gasteiger charge is -2.22. The van der Waals surface area contributed by atoms with Crippen LogP contribution in [-0.4, -0.2) is 46.5 Å². The van der Waals surface area contributed by atoms with Gasteiger partial charge in [0.15, 0.2) is 11.8 Å². The van der Waals surface area contributed by atoms with Crippen LogP contribution >= 0.6 is 24.0 Å². The third-order valence-corrected chi connectivity index (χ3v) is 4.89. The molecule has 1 aromatic heterocycles. The molecule has 29 heavy (non-hydrogen) atoms. The molecule has 2 aromatic rings. The first-order chi connectivity index (χ1) is 13.9. The zero-order valence-corrected chi connectivity index (χ0v) is 19.5. The highest BCUT2D eigenvalue weighted by Gasteiger charge is 2.13. The van der Waals surface area contributed by atoms with Gasteiger partial charge in [-0.15, -0.1) is 34.2 Å². The fraction of sp³-hybridized carbons (Fsp3) is 0.571. The Bertz CT molecular complexity index is 715. The number of nitrogens with zero attached hydrogens (tertiary/aromatic N) is 4. The van der Waals surface area contributed by atoms with Crippen LogP contribution in [0.25, 0.3) is 5.69 Å². The molecule has 0 saturated heterocycles. The summed E-state index contributed by atoms with van der Waals surface area (Å²) in [5.74, 6) is 1.60. The van der Waals surface area contributed by atoms with Gasteiger partial charge in [-0.25, -0.2) is 4.99 Å². The summed E-state index contributed by atoms with van der Waals surface area (Å²) in [5, 5.41) is 14.9. The number of guanidine groups is 1. The van der Waals surface area contributed by atoms with E-state index in [-0.39, 0.29) is 24.0 Å². The van der Waals surface area contributed by atoms with Crippen molar-refractivity contribution in [2.24, 2.45) is 4.99 Å². The van der Waals surface area contributed by atoms with E-state index in [1.807, 2.05) is 34.9 Å². The molecule has 1 aliphatic rings. The summed E-state index contributed by atoms with van der Waals surface area (Å²) in [6.07, 6.45) is 9.60. The van der Waals surface area contributed by atoms with Crippen molar-refractivity contribution in [3.8, 4) is 5.69 Å². The van der Waals surface area contributed by atoms with Gasteiger partial charge in [-0.05, 0) is 38.3 Å². The topological polar surface area (TPSA) is 76.4 Å². The average Bonchev–Trinajstić information content (AvgIpc) is 3.22. The molecule has 0 aliphatic heterocycles. The molecule has 1 heterocycles. The minimum Gasteiger partial charge on any atom is -0.378 e. The van der Waals surface area contributed by atoms with E-state index < -0.39 is 0 Å². The van der Waals surface area contributed by atoms with Crippen LogP contribution in [0.3, 0.4) is 0 Å². The van der Waals surface area contributed by atoms with E-state index in [4.69, 9.17) is 4.74 Å². The summed E-state index contributed by atoms with van der Waals surface area (Å²) in [6.45, 7) is 4.98. The molecule has 7 nitrogen and oxygen atoms in total. The van der Waals surface area contributed by atoms with E-state index >= 15 is 0 Å². The van der Waals surface area contributed by atoms with Crippen molar-refractivity contribution in [3.63, 3.8) is 0 Å². The quantitative estimate of drug-likeness (QED) is 0.232. The number of benzene rings is 1. The Morgan fingerprint density at radius 3 is 2.72 bits per heavy atom. The first-order valence-electron chi connectivity index (χ1n) is 10.4. The summed E-state index contributed by atoms with van der Waals surface area (Å²) in [7, 11) is 0. The molecule has 160 valence electrons. The van der Waals surface area contributed by atoms with Crippen molar-refractivity contribution in [1.82, 2.24) is 25.4 Å². The first kappa shape index (κ1) is 23.6. The van der Waals surface area contributed by atoms with Crippen LogP contribution in [0.2, 0.25) is 0 Å². The van der Waals surface area contributed by atoms with Gasteiger partial charge in [-0.3, -0.25) is 4.57 Å². The lowest BCUT2D eigenvalue weighted by atomic mass is 9.98. The third kappa shape index (κ3) is 7.93. The van der Waals surface area contributed by atoms with E-state index in [0.29, 0.717) is 12.6 Å². The van der Waals surface area contributed by atoms with Gasteiger partial charge in [0.2, 0.25) is 0 Å². The molecule has 2 N–H and O–H groups in total. The average molecular weight is 512 g/mol. The second kappa shape index (κ2) is 13.5. The SMILES string of the molecule is CCNC(=NCc1nncn1-c1ccccc1)NCCCOC1CCCCC1.I. The van der Waals surface area contributed by atoms with Gasteiger partial charge in [0.25, 0.3) is 0 Å². The lowest BCUT2D eigenvalue weighted by Crippen LogP contribution is -2.38. The van der Waals surface area contributed by atoms with E-state index in [2.05, 4.69) is 32.7 Å². The predicted octanol–water partition coefficient (Wildman–Crippen LogP) is 3.68. The van der Waals surface area contributed by atoms with Crippen molar-refractivity contribution in [2.75, 3.05) is 19.7 Å². The molecule has 0 radical (unpaired) electrons. The molecule has 1 fully saturated rings. The molecular formula is C21H33IN6O. The smallest absolute Gasteiger partial charge is 0.191 e. The van der Waals surface area contributed by atoms with Crippen LogP contribution in [0, 0.1) is 0 Å².